The minimum Gasteiger partial charge on any atom is -0.465 e. The van der Waals surface area contributed by atoms with Gasteiger partial charge in [0.15, 0.2) is 0 Å². The molecule has 0 radical (unpaired) electrons. The van der Waals surface area contributed by atoms with Crippen LogP contribution in [0.5, 0.6) is 0 Å². The molecular weight excluding hydrogens is 380 g/mol. The molecule has 30 heavy (non-hydrogen) atoms. The second-order valence-electron chi connectivity index (χ2n) is 6.86. The van der Waals surface area contributed by atoms with E-state index in [1.54, 1.807) is 53.6 Å². The van der Waals surface area contributed by atoms with Crippen LogP contribution in [0.3, 0.4) is 0 Å². The molecule has 0 atom stereocenters. The predicted octanol–water partition coefficient (Wildman–Crippen LogP) is 2.79. The molecule has 7 nitrogen and oxygen atoms in total. The van der Waals surface area contributed by atoms with Crippen molar-refractivity contribution in [3.05, 3.63) is 90.1 Å². The zero-order chi connectivity index (χ0) is 20.8. The van der Waals surface area contributed by atoms with Gasteiger partial charge in [-0.25, -0.2) is 4.98 Å². The molecule has 0 bridgehead atoms. The first-order valence-electron chi connectivity index (χ1n) is 9.77. The van der Waals surface area contributed by atoms with Gasteiger partial charge in [0.1, 0.15) is 17.3 Å². The average Bonchev–Trinajstić information content (AvgIpc) is 3.32. The maximum Gasteiger partial charge on any atom is 0.270 e. The number of piperazine rings is 1. The molecule has 0 unspecified atom stereocenters. The van der Waals surface area contributed by atoms with Crippen LogP contribution in [0.1, 0.15) is 16.1 Å². The highest BCUT2D eigenvalue weighted by molar-refractivity contribution is 6.05. The molecule has 1 aliphatic rings. The van der Waals surface area contributed by atoms with Crippen molar-refractivity contribution in [1.29, 1.82) is 0 Å². The number of amides is 2. The van der Waals surface area contributed by atoms with Crippen LogP contribution in [0.4, 0.5) is 5.82 Å². The quantitative estimate of drug-likeness (QED) is 0.664. The Hall–Kier alpha value is -3.87. The number of hydrogen-bond acceptors (Lipinski definition) is 5. The van der Waals surface area contributed by atoms with Crippen molar-refractivity contribution in [2.45, 2.75) is 0 Å². The normalized spacial score (nSPS) is 14.5. The number of pyridine rings is 1. The molecular formula is C23H22N4O3. The van der Waals surface area contributed by atoms with Crippen molar-refractivity contribution in [1.82, 2.24) is 15.2 Å². The summed E-state index contributed by atoms with van der Waals surface area (Å²) in [5.41, 5.74) is 0.667. The van der Waals surface area contributed by atoms with Crippen LogP contribution in [0, 0.1) is 0 Å². The van der Waals surface area contributed by atoms with Gasteiger partial charge in [0, 0.05) is 44.0 Å². The summed E-state index contributed by atoms with van der Waals surface area (Å²) in [6.45, 7) is 2.41. The van der Waals surface area contributed by atoms with Crippen LogP contribution in [-0.2, 0) is 4.79 Å². The molecule has 2 aromatic heterocycles. The maximum absolute atomic E-state index is 13.2. The van der Waals surface area contributed by atoms with Crippen molar-refractivity contribution in [3.63, 3.8) is 0 Å². The first-order chi connectivity index (χ1) is 14.7. The van der Waals surface area contributed by atoms with Gasteiger partial charge in [-0.2, -0.15) is 0 Å². The summed E-state index contributed by atoms with van der Waals surface area (Å²) in [6.07, 6.45) is 4.85. The van der Waals surface area contributed by atoms with Gasteiger partial charge in [0.05, 0.1) is 6.26 Å². The van der Waals surface area contributed by atoms with E-state index in [1.807, 2.05) is 24.3 Å². The van der Waals surface area contributed by atoms with E-state index in [0.717, 1.165) is 5.82 Å². The van der Waals surface area contributed by atoms with Crippen molar-refractivity contribution in [2.75, 3.05) is 31.1 Å². The lowest BCUT2D eigenvalue weighted by atomic mass is 10.2. The third-order valence-electron chi connectivity index (χ3n) is 4.88. The lowest BCUT2D eigenvalue weighted by Gasteiger charge is -2.35. The summed E-state index contributed by atoms with van der Waals surface area (Å²) >= 11 is 0. The molecule has 1 saturated heterocycles. The highest BCUT2D eigenvalue weighted by Gasteiger charge is 2.25. The Balaban J connectivity index is 1.48. The molecule has 2 amide bonds. The van der Waals surface area contributed by atoms with Crippen LogP contribution in [0.2, 0.25) is 0 Å². The largest absolute Gasteiger partial charge is 0.465 e. The first kappa shape index (κ1) is 19.4. The number of anilines is 1. The molecule has 1 fully saturated rings. The molecule has 1 aliphatic heterocycles. The van der Waals surface area contributed by atoms with E-state index in [-0.39, 0.29) is 17.5 Å². The van der Waals surface area contributed by atoms with E-state index in [0.29, 0.717) is 37.5 Å². The number of nitrogens with zero attached hydrogens (tertiary/aromatic N) is 3. The molecule has 7 heteroatoms. The Labute approximate surface area is 174 Å². The zero-order valence-corrected chi connectivity index (χ0v) is 16.4. The second kappa shape index (κ2) is 9.09. The molecule has 1 N–H and O–H groups in total. The van der Waals surface area contributed by atoms with E-state index < -0.39 is 0 Å². The minimum absolute atomic E-state index is 0.185. The van der Waals surface area contributed by atoms with Gasteiger partial charge in [-0.05, 0) is 36.4 Å². The Bertz CT molecular complexity index is 1010. The van der Waals surface area contributed by atoms with Gasteiger partial charge in [0.2, 0.25) is 0 Å². The zero-order valence-electron chi connectivity index (χ0n) is 16.4. The summed E-state index contributed by atoms with van der Waals surface area (Å²) < 4.78 is 5.35. The number of furan rings is 1. The summed E-state index contributed by atoms with van der Waals surface area (Å²) in [7, 11) is 0. The number of carbonyl (C=O) groups excluding carboxylic acids is 2. The van der Waals surface area contributed by atoms with Gasteiger partial charge >= 0.3 is 0 Å². The lowest BCUT2D eigenvalue weighted by Crippen LogP contribution is -2.50. The summed E-state index contributed by atoms with van der Waals surface area (Å²) in [6, 6.07) is 18.1. The monoisotopic (exact) mass is 402 g/mol. The van der Waals surface area contributed by atoms with E-state index in [1.165, 1.54) is 6.26 Å². The van der Waals surface area contributed by atoms with Crippen molar-refractivity contribution >= 4 is 23.7 Å². The molecule has 0 saturated carbocycles. The fourth-order valence-electron chi connectivity index (χ4n) is 3.30. The SMILES string of the molecule is O=C(N/C(=C\c1ccco1)C(=O)N1CCN(c2ccccn2)CC1)c1ccccc1. The number of nitrogens with one attached hydrogen (secondary N) is 1. The van der Waals surface area contributed by atoms with E-state index in [2.05, 4.69) is 15.2 Å². The Morgan fingerprint density at radius 3 is 2.37 bits per heavy atom. The molecule has 4 rings (SSSR count). The van der Waals surface area contributed by atoms with Crippen molar-refractivity contribution in [3.8, 4) is 0 Å². The highest BCUT2D eigenvalue weighted by atomic mass is 16.3. The summed E-state index contributed by atoms with van der Waals surface area (Å²) in [5.74, 6) is 0.817. The lowest BCUT2D eigenvalue weighted by molar-refractivity contribution is -0.127. The molecule has 152 valence electrons. The number of hydrogen-bond donors (Lipinski definition) is 1. The maximum atomic E-state index is 13.2. The van der Waals surface area contributed by atoms with E-state index in [9.17, 15) is 9.59 Å². The number of benzene rings is 1. The standard InChI is InChI=1S/C23H22N4O3/c28-22(18-7-2-1-3-8-18)25-20(17-19-9-6-16-30-19)23(29)27-14-12-26(13-15-27)21-10-4-5-11-24-21/h1-11,16-17H,12-15H2,(H,25,28)/b20-17-. The van der Waals surface area contributed by atoms with E-state index in [4.69, 9.17) is 4.42 Å². The third kappa shape index (κ3) is 4.57. The van der Waals surface area contributed by atoms with Crippen LogP contribution in [0.25, 0.3) is 6.08 Å². The third-order valence-corrected chi connectivity index (χ3v) is 4.88. The molecule has 1 aromatic carbocycles. The molecule has 0 aliphatic carbocycles. The number of carbonyl (C=O) groups is 2. The van der Waals surface area contributed by atoms with Crippen LogP contribution in [-0.4, -0.2) is 47.9 Å². The number of rotatable bonds is 5. The predicted molar refractivity (Wildman–Crippen MR) is 114 cm³/mol. The molecule has 3 aromatic rings. The Kier molecular flexibility index (Phi) is 5.89. The second-order valence-corrected chi connectivity index (χ2v) is 6.86. The summed E-state index contributed by atoms with van der Waals surface area (Å²) in [5, 5.41) is 2.76. The smallest absolute Gasteiger partial charge is 0.270 e. The number of aromatic nitrogens is 1. The Morgan fingerprint density at radius 1 is 0.933 bits per heavy atom. The molecule has 3 heterocycles. The highest BCUT2D eigenvalue weighted by Crippen LogP contribution is 2.15. The van der Waals surface area contributed by atoms with Gasteiger partial charge in [-0.15, -0.1) is 0 Å². The van der Waals surface area contributed by atoms with Gasteiger partial charge < -0.3 is 19.5 Å². The van der Waals surface area contributed by atoms with Crippen LogP contribution < -0.4 is 10.2 Å². The van der Waals surface area contributed by atoms with Gasteiger partial charge in [-0.3, -0.25) is 9.59 Å². The van der Waals surface area contributed by atoms with Crippen molar-refractivity contribution in [2.24, 2.45) is 0 Å². The van der Waals surface area contributed by atoms with Crippen molar-refractivity contribution < 1.29 is 14.0 Å². The van der Waals surface area contributed by atoms with Gasteiger partial charge in [-0.1, -0.05) is 24.3 Å². The average molecular weight is 402 g/mol. The first-order valence-corrected chi connectivity index (χ1v) is 9.77. The van der Waals surface area contributed by atoms with Gasteiger partial charge in [0.25, 0.3) is 11.8 Å². The topological polar surface area (TPSA) is 78.7 Å². The van der Waals surface area contributed by atoms with E-state index >= 15 is 0 Å². The fraction of sp³-hybridized carbons (Fsp3) is 0.174. The van der Waals surface area contributed by atoms with Crippen LogP contribution >= 0.6 is 0 Å². The fourth-order valence-corrected chi connectivity index (χ4v) is 3.30. The minimum atomic E-state index is -0.339. The summed E-state index contributed by atoms with van der Waals surface area (Å²) in [4.78, 5) is 34.1. The van der Waals surface area contributed by atoms with Crippen LogP contribution in [0.15, 0.2) is 83.2 Å². The Morgan fingerprint density at radius 2 is 1.70 bits per heavy atom. The molecule has 0 spiro atoms.